The molecule has 0 radical (unpaired) electrons. The van der Waals surface area contributed by atoms with Crippen LogP contribution in [0, 0.1) is 0 Å². The minimum atomic E-state index is -1.21. The Morgan fingerprint density at radius 2 is 2.00 bits per heavy atom. The second kappa shape index (κ2) is 3.86. The molecule has 2 N–H and O–H groups in total. The number of phenolic OH excluding ortho intramolecular Hbond substituents is 1. The van der Waals surface area contributed by atoms with Gasteiger partial charge in [0.25, 0.3) is 0 Å². The molecule has 0 spiro atoms. The fourth-order valence-corrected chi connectivity index (χ4v) is 1.68. The SMILES string of the molecule is CC(=O)c1cnc2ccc(O)cc2c1C(=O)O. The van der Waals surface area contributed by atoms with E-state index in [-0.39, 0.29) is 28.0 Å². The minimum Gasteiger partial charge on any atom is -0.508 e. The molecule has 0 aliphatic carbocycles. The molecule has 0 aliphatic rings. The molecular formula is C12H9NO4. The molecule has 0 bridgehead atoms. The Kier molecular flexibility index (Phi) is 2.51. The Morgan fingerprint density at radius 3 is 2.59 bits per heavy atom. The van der Waals surface area contributed by atoms with E-state index < -0.39 is 5.97 Å². The summed E-state index contributed by atoms with van der Waals surface area (Å²) < 4.78 is 0. The van der Waals surface area contributed by atoms with E-state index in [4.69, 9.17) is 5.11 Å². The van der Waals surface area contributed by atoms with Crippen LogP contribution < -0.4 is 0 Å². The average Bonchev–Trinajstić information content (AvgIpc) is 2.26. The second-order valence-corrected chi connectivity index (χ2v) is 3.61. The number of carboxylic acids is 1. The standard InChI is InChI=1S/C12H9NO4/c1-6(14)9-5-13-10-3-2-7(15)4-8(10)11(9)12(16)17/h2-5,15H,1H3,(H,16,17). The number of carbonyl (C=O) groups is 2. The highest BCUT2D eigenvalue weighted by molar-refractivity contribution is 6.12. The number of carbonyl (C=O) groups excluding carboxylic acids is 1. The fraction of sp³-hybridized carbons (Fsp3) is 0.0833. The first-order valence-electron chi connectivity index (χ1n) is 4.86. The van der Waals surface area contributed by atoms with Gasteiger partial charge in [-0.1, -0.05) is 0 Å². The van der Waals surface area contributed by atoms with Gasteiger partial charge in [0.2, 0.25) is 0 Å². The van der Waals surface area contributed by atoms with E-state index in [1.807, 2.05) is 0 Å². The molecular weight excluding hydrogens is 222 g/mol. The van der Waals surface area contributed by atoms with Crippen LogP contribution in [-0.2, 0) is 0 Å². The monoisotopic (exact) mass is 231 g/mol. The Bertz CT molecular complexity index is 634. The number of hydrogen-bond donors (Lipinski definition) is 2. The van der Waals surface area contributed by atoms with Gasteiger partial charge in [0.05, 0.1) is 16.6 Å². The predicted octanol–water partition coefficient (Wildman–Crippen LogP) is 1.84. The summed E-state index contributed by atoms with van der Waals surface area (Å²) in [7, 11) is 0. The smallest absolute Gasteiger partial charge is 0.337 e. The maximum Gasteiger partial charge on any atom is 0.337 e. The lowest BCUT2D eigenvalue weighted by atomic mass is 10.0. The van der Waals surface area contributed by atoms with E-state index in [0.29, 0.717) is 5.52 Å². The Balaban J connectivity index is 2.92. The first-order chi connectivity index (χ1) is 8.00. The van der Waals surface area contributed by atoms with Crippen molar-refractivity contribution in [3.05, 3.63) is 35.5 Å². The van der Waals surface area contributed by atoms with E-state index in [0.717, 1.165) is 0 Å². The van der Waals surface area contributed by atoms with Crippen LogP contribution in [0.1, 0.15) is 27.6 Å². The molecule has 2 rings (SSSR count). The predicted molar refractivity (Wildman–Crippen MR) is 60.4 cm³/mol. The van der Waals surface area contributed by atoms with E-state index >= 15 is 0 Å². The van der Waals surface area contributed by atoms with Crippen molar-refractivity contribution in [2.75, 3.05) is 0 Å². The molecule has 5 nitrogen and oxygen atoms in total. The quantitative estimate of drug-likeness (QED) is 0.770. The van der Waals surface area contributed by atoms with Crippen molar-refractivity contribution in [3.8, 4) is 5.75 Å². The van der Waals surface area contributed by atoms with Gasteiger partial charge in [0.15, 0.2) is 5.78 Å². The van der Waals surface area contributed by atoms with E-state index in [2.05, 4.69) is 4.98 Å². The number of Topliss-reactive ketones (excluding diaryl/α,β-unsaturated/α-hetero) is 1. The van der Waals surface area contributed by atoms with Gasteiger partial charge in [-0.2, -0.15) is 0 Å². The molecule has 0 amide bonds. The Hall–Kier alpha value is -2.43. The van der Waals surface area contributed by atoms with Gasteiger partial charge < -0.3 is 10.2 Å². The molecule has 1 aromatic carbocycles. The number of pyridine rings is 1. The highest BCUT2D eigenvalue weighted by Crippen LogP contribution is 2.24. The number of aromatic hydroxyl groups is 1. The minimum absolute atomic E-state index is 0.0376. The van der Waals surface area contributed by atoms with Crippen LogP contribution in [0.3, 0.4) is 0 Å². The zero-order valence-corrected chi connectivity index (χ0v) is 8.97. The number of hydrogen-bond acceptors (Lipinski definition) is 4. The van der Waals surface area contributed by atoms with Crippen molar-refractivity contribution in [2.24, 2.45) is 0 Å². The van der Waals surface area contributed by atoms with Crippen molar-refractivity contribution in [1.82, 2.24) is 4.98 Å². The van der Waals surface area contributed by atoms with E-state index in [1.54, 1.807) is 0 Å². The van der Waals surface area contributed by atoms with E-state index in [9.17, 15) is 14.7 Å². The number of nitrogens with zero attached hydrogens (tertiary/aromatic N) is 1. The molecule has 0 atom stereocenters. The van der Waals surface area contributed by atoms with Gasteiger partial charge >= 0.3 is 5.97 Å². The molecule has 0 fully saturated rings. The van der Waals surface area contributed by atoms with E-state index in [1.165, 1.54) is 31.3 Å². The molecule has 2 aromatic rings. The largest absolute Gasteiger partial charge is 0.508 e. The molecule has 5 heteroatoms. The highest BCUT2D eigenvalue weighted by atomic mass is 16.4. The fourth-order valence-electron chi connectivity index (χ4n) is 1.68. The zero-order valence-electron chi connectivity index (χ0n) is 8.97. The van der Waals surface area contributed by atoms with Gasteiger partial charge in [-0.3, -0.25) is 9.78 Å². The average molecular weight is 231 g/mol. The Labute approximate surface area is 96.3 Å². The van der Waals surface area contributed by atoms with Crippen LogP contribution >= 0.6 is 0 Å². The molecule has 0 saturated carbocycles. The third kappa shape index (κ3) is 1.82. The summed E-state index contributed by atoms with van der Waals surface area (Å²) in [6.45, 7) is 1.28. The molecule has 0 unspecified atom stereocenters. The summed E-state index contributed by atoms with van der Waals surface area (Å²) in [5.74, 6) is -1.66. The number of aromatic nitrogens is 1. The number of fused-ring (bicyclic) bond motifs is 1. The molecule has 0 aliphatic heterocycles. The first-order valence-corrected chi connectivity index (χ1v) is 4.86. The summed E-state index contributed by atoms with van der Waals surface area (Å²) in [5.41, 5.74) is 0.333. The van der Waals surface area contributed by atoms with Crippen LogP contribution in [0.5, 0.6) is 5.75 Å². The maximum absolute atomic E-state index is 11.3. The van der Waals surface area contributed by atoms with Crippen molar-refractivity contribution in [1.29, 1.82) is 0 Å². The third-order valence-corrected chi connectivity index (χ3v) is 2.44. The number of aromatic carboxylic acids is 1. The second-order valence-electron chi connectivity index (χ2n) is 3.61. The van der Waals surface area contributed by atoms with Crippen LogP contribution in [0.15, 0.2) is 24.4 Å². The summed E-state index contributed by atoms with van der Waals surface area (Å²) in [4.78, 5) is 26.5. The van der Waals surface area contributed by atoms with Crippen molar-refractivity contribution >= 4 is 22.7 Å². The molecule has 86 valence electrons. The summed E-state index contributed by atoms with van der Waals surface area (Å²) in [6.07, 6.45) is 1.24. The lowest BCUT2D eigenvalue weighted by molar-refractivity contribution is 0.0694. The van der Waals surface area contributed by atoms with Gasteiger partial charge in [-0.05, 0) is 25.1 Å². The van der Waals surface area contributed by atoms with Gasteiger partial charge in [-0.15, -0.1) is 0 Å². The maximum atomic E-state index is 11.3. The number of benzene rings is 1. The Morgan fingerprint density at radius 1 is 1.29 bits per heavy atom. The molecule has 0 saturated heterocycles. The van der Waals surface area contributed by atoms with Crippen molar-refractivity contribution in [3.63, 3.8) is 0 Å². The van der Waals surface area contributed by atoms with Crippen LogP contribution in [0.2, 0.25) is 0 Å². The van der Waals surface area contributed by atoms with Gasteiger partial charge in [0, 0.05) is 11.6 Å². The molecule has 1 heterocycles. The van der Waals surface area contributed by atoms with Gasteiger partial charge in [-0.25, -0.2) is 4.79 Å². The topological polar surface area (TPSA) is 87.5 Å². The van der Waals surface area contributed by atoms with Crippen molar-refractivity contribution in [2.45, 2.75) is 6.92 Å². The summed E-state index contributed by atoms with van der Waals surface area (Å²) >= 11 is 0. The van der Waals surface area contributed by atoms with Crippen molar-refractivity contribution < 1.29 is 19.8 Å². The van der Waals surface area contributed by atoms with Crippen LogP contribution in [0.25, 0.3) is 10.9 Å². The number of ketones is 1. The molecule has 1 aromatic heterocycles. The molecule has 17 heavy (non-hydrogen) atoms. The van der Waals surface area contributed by atoms with Crippen LogP contribution in [-0.4, -0.2) is 26.9 Å². The number of phenols is 1. The van der Waals surface area contributed by atoms with Gasteiger partial charge in [0.1, 0.15) is 5.75 Å². The first kappa shape index (κ1) is 11.1. The number of carboxylic acid groups (broad SMARTS) is 1. The van der Waals surface area contributed by atoms with Crippen LogP contribution in [0.4, 0.5) is 0 Å². The lowest BCUT2D eigenvalue weighted by Gasteiger charge is -2.06. The summed E-state index contributed by atoms with van der Waals surface area (Å²) in [6, 6.07) is 4.20. The summed E-state index contributed by atoms with van der Waals surface area (Å²) in [5, 5.41) is 18.8. The normalized spacial score (nSPS) is 10.4. The third-order valence-electron chi connectivity index (χ3n) is 2.44. The lowest BCUT2D eigenvalue weighted by Crippen LogP contribution is -2.08. The number of rotatable bonds is 2. The highest BCUT2D eigenvalue weighted by Gasteiger charge is 2.18. The zero-order chi connectivity index (χ0) is 12.6.